The van der Waals surface area contributed by atoms with Gasteiger partial charge < -0.3 is 40.0 Å². The third-order valence-electron chi connectivity index (χ3n) is 11.1. The number of methoxy groups -OCH3 is 1. The lowest BCUT2D eigenvalue weighted by atomic mass is 9.98. The van der Waals surface area contributed by atoms with E-state index in [9.17, 15) is 19.2 Å². The fraction of sp³-hybridized carbons (Fsp3) is 0.372. The molecule has 0 aliphatic carbocycles. The van der Waals surface area contributed by atoms with Gasteiger partial charge in [0.15, 0.2) is 0 Å². The summed E-state index contributed by atoms with van der Waals surface area (Å²) in [5, 5.41) is 6.03. The Morgan fingerprint density at radius 2 is 1.73 bits per heavy atom. The Morgan fingerprint density at radius 3 is 2.39 bits per heavy atom. The Hall–Kier alpha value is -6.22. The van der Waals surface area contributed by atoms with Crippen molar-refractivity contribution in [1.82, 2.24) is 40.0 Å². The second kappa shape index (κ2) is 17.3. The molecule has 2 aromatic carbocycles. The van der Waals surface area contributed by atoms with Crippen LogP contribution in [0.4, 0.5) is 16.3 Å². The van der Waals surface area contributed by atoms with E-state index in [1.807, 2.05) is 81.3 Å². The van der Waals surface area contributed by atoms with Crippen LogP contribution in [0.25, 0.3) is 22.4 Å². The van der Waals surface area contributed by atoms with Gasteiger partial charge in [0.05, 0.1) is 41.4 Å². The van der Waals surface area contributed by atoms with Gasteiger partial charge >= 0.3 is 6.09 Å². The predicted octanol–water partition coefficient (Wildman–Crippen LogP) is 6.72. The summed E-state index contributed by atoms with van der Waals surface area (Å²) in [6.07, 6.45) is 6.60. The van der Waals surface area contributed by atoms with E-state index in [0.717, 1.165) is 40.2 Å². The van der Waals surface area contributed by atoms with Crippen molar-refractivity contribution in [2.75, 3.05) is 43.5 Å². The maximum absolute atomic E-state index is 13.7. The monoisotopic (exact) mass is 820 g/mol. The number of halogens is 1. The fourth-order valence-corrected chi connectivity index (χ4v) is 8.11. The molecule has 7 rings (SSSR count). The zero-order chi connectivity index (χ0) is 42.0. The highest BCUT2D eigenvalue weighted by atomic mass is 35.5. The Kier molecular flexibility index (Phi) is 12.0. The second-order valence-corrected chi connectivity index (χ2v) is 16.1. The smallest absolute Gasteiger partial charge is 0.407 e. The summed E-state index contributed by atoms with van der Waals surface area (Å²) >= 11 is 6.76. The van der Waals surface area contributed by atoms with Crippen LogP contribution < -0.4 is 15.5 Å². The summed E-state index contributed by atoms with van der Waals surface area (Å²) < 4.78 is 4.77. The molecule has 5 aromatic rings. The van der Waals surface area contributed by atoms with Crippen LogP contribution >= 0.6 is 11.6 Å². The zero-order valence-electron chi connectivity index (χ0n) is 34.0. The third kappa shape index (κ3) is 8.80. The minimum atomic E-state index is -0.716. The van der Waals surface area contributed by atoms with E-state index >= 15 is 0 Å². The van der Waals surface area contributed by atoms with Gasteiger partial charge in [0.2, 0.25) is 5.91 Å². The Morgan fingerprint density at radius 1 is 0.966 bits per heavy atom. The minimum absolute atomic E-state index is 0.0203. The summed E-state index contributed by atoms with van der Waals surface area (Å²) in [5.41, 5.74) is 5.71. The summed E-state index contributed by atoms with van der Waals surface area (Å²) in [4.78, 5) is 77.2. The van der Waals surface area contributed by atoms with E-state index in [1.165, 1.54) is 13.4 Å². The maximum Gasteiger partial charge on any atom is 0.407 e. The molecule has 15 nitrogen and oxygen atoms in total. The van der Waals surface area contributed by atoms with Gasteiger partial charge in [-0.3, -0.25) is 14.4 Å². The van der Waals surface area contributed by atoms with Gasteiger partial charge in [-0.2, -0.15) is 0 Å². The number of carbonyl (C=O) groups is 4. The summed E-state index contributed by atoms with van der Waals surface area (Å²) in [5.74, 6) is 0.954. The molecule has 3 aromatic heterocycles. The van der Waals surface area contributed by atoms with Gasteiger partial charge in [-0.1, -0.05) is 56.6 Å². The number of anilines is 2. The molecule has 4 amide bonds. The molecule has 4 N–H and O–H groups in total. The topological polar surface area (TPSA) is 182 Å². The number of aryl methyl sites for hydroxylation is 1. The number of nitrogens with zero attached hydrogens (tertiary/aromatic N) is 6. The molecule has 59 heavy (non-hydrogen) atoms. The van der Waals surface area contributed by atoms with Gasteiger partial charge in [-0.15, -0.1) is 0 Å². The lowest BCUT2D eigenvalue weighted by Gasteiger charge is -2.40. The van der Waals surface area contributed by atoms with Gasteiger partial charge in [0, 0.05) is 56.4 Å². The van der Waals surface area contributed by atoms with Crippen molar-refractivity contribution in [1.29, 1.82) is 0 Å². The molecule has 0 bridgehead atoms. The van der Waals surface area contributed by atoms with Crippen molar-refractivity contribution < 1.29 is 23.9 Å². The number of likely N-dealkylation sites (tertiary alicyclic amines) is 1. The van der Waals surface area contributed by atoms with Crippen LogP contribution in [0.1, 0.15) is 72.4 Å². The Bertz CT molecular complexity index is 2310. The number of benzene rings is 2. The number of amides is 4. The van der Waals surface area contributed by atoms with E-state index in [2.05, 4.69) is 42.4 Å². The molecule has 2 saturated heterocycles. The summed E-state index contributed by atoms with van der Waals surface area (Å²) in [7, 11) is 1.28. The largest absolute Gasteiger partial charge is 0.453 e. The SMILES string of the molecule is COC(=O)N[C@H](C(=O)N1C[C@@H](C)C[C@H]1c1nc(-c2ccc(-c3cc(Cl)c(NC(=O)c4ccc(N5CCN(C(=O)c6c[nH]cn6)C[C@H]5C)nc4)cc3C)cc2)c[nH]1)C(C)C. The lowest BCUT2D eigenvalue weighted by molar-refractivity contribution is -0.135. The van der Waals surface area contributed by atoms with Crippen LogP contribution in [0.3, 0.4) is 0 Å². The molecule has 0 radical (unpaired) electrons. The van der Waals surface area contributed by atoms with E-state index in [4.69, 9.17) is 21.3 Å². The van der Waals surface area contributed by atoms with Crippen molar-refractivity contribution in [3.05, 3.63) is 101 Å². The normalized spacial score (nSPS) is 18.5. The minimum Gasteiger partial charge on any atom is -0.453 e. The molecular formula is C43H49ClN10O5. The van der Waals surface area contributed by atoms with Crippen LogP contribution in [-0.4, -0.2) is 104 Å². The first-order valence-corrected chi connectivity index (χ1v) is 20.1. The number of piperazine rings is 1. The number of ether oxygens (including phenoxy) is 1. The summed E-state index contributed by atoms with van der Waals surface area (Å²) in [6, 6.07) is 14.3. The van der Waals surface area contributed by atoms with Gasteiger partial charge in [-0.05, 0) is 73.1 Å². The molecule has 0 saturated carbocycles. The van der Waals surface area contributed by atoms with Crippen LogP contribution in [0.15, 0.2) is 73.4 Å². The molecule has 4 atom stereocenters. The number of hydrogen-bond acceptors (Lipinski definition) is 9. The molecule has 2 fully saturated rings. The number of alkyl carbamates (subject to hydrolysis) is 1. The number of carbonyl (C=O) groups excluding carboxylic acids is 4. The molecule has 5 heterocycles. The van der Waals surface area contributed by atoms with Crippen molar-refractivity contribution in [3.8, 4) is 22.4 Å². The van der Waals surface area contributed by atoms with E-state index in [-0.39, 0.29) is 41.6 Å². The van der Waals surface area contributed by atoms with Crippen LogP contribution in [-0.2, 0) is 9.53 Å². The lowest BCUT2D eigenvalue weighted by Crippen LogP contribution is -2.54. The van der Waals surface area contributed by atoms with E-state index in [0.29, 0.717) is 54.0 Å². The van der Waals surface area contributed by atoms with E-state index in [1.54, 1.807) is 23.4 Å². The second-order valence-electron chi connectivity index (χ2n) is 15.7. The average molecular weight is 821 g/mol. The van der Waals surface area contributed by atoms with E-state index < -0.39 is 12.1 Å². The first-order chi connectivity index (χ1) is 28.3. The third-order valence-corrected chi connectivity index (χ3v) is 11.4. The number of hydrogen-bond donors (Lipinski definition) is 4. The molecule has 0 unspecified atom stereocenters. The highest BCUT2D eigenvalue weighted by Crippen LogP contribution is 2.37. The Labute approximate surface area is 347 Å². The first-order valence-electron chi connectivity index (χ1n) is 19.7. The summed E-state index contributed by atoms with van der Waals surface area (Å²) in [6.45, 7) is 12.1. The number of rotatable bonds is 10. The van der Waals surface area contributed by atoms with Crippen molar-refractivity contribution in [3.63, 3.8) is 0 Å². The van der Waals surface area contributed by atoms with Gasteiger partial charge in [-0.25, -0.2) is 19.7 Å². The number of aromatic amines is 2. The maximum atomic E-state index is 13.7. The number of aromatic nitrogens is 5. The highest BCUT2D eigenvalue weighted by molar-refractivity contribution is 6.34. The van der Waals surface area contributed by atoms with Crippen LogP contribution in [0.5, 0.6) is 0 Å². The standard InChI is InChI=1S/C43H49ClN10O5/c1-24(2)38(51-43(58)59-6)42(57)54-21-25(3)15-36(54)39-47-20-34(49-39)29-9-7-28(8-10-29)31-17-32(44)33(16-26(31)4)50-40(55)30-11-12-37(46-18-30)53-14-13-52(22-27(53)5)41(56)35-19-45-23-48-35/h7-12,16-20,23-25,27,36,38H,13-15,21-22H2,1-6H3,(H,45,48)(H,47,49)(H,50,55)(H,51,58)/t25-,27+,36-,38-/m0/s1. The number of H-pyrrole nitrogens is 2. The Balaban J connectivity index is 0.983. The van der Waals surface area contributed by atoms with Crippen molar-refractivity contribution in [2.45, 2.75) is 59.2 Å². The first kappa shape index (κ1) is 41.0. The van der Waals surface area contributed by atoms with Gasteiger partial charge in [0.25, 0.3) is 11.8 Å². The molecule has 16 heteroatoms. The molecule has 308 valence electrons. The number of imidazole rings is 2. The van der Waals surface area contributed by atoms with Crippen molar-refractivity contribution in [2.24, 2.45) is 11.8 Å². The van der Waals surface area contributed by atoms with Gasteiger partial charge in [0.1, 0.15) is 23.4 Å². The predicted molar refractivity (Wildman–Crippen MR) is 225 cm³/mol. The molecular weight excluding hydrogens is 772 g/mol. The molecule has 2 aliphatic rings. The number of pyridine rings is 1. The van der Waals surface area contributed by atoms with Crippen LogP contribution in [0.2, 0.25) is 5.02 Å². The molecule has 2 aliphatic heterocycles. The van der Waals surface area contributed by atoms with Crippen LogP contribution in [0, 0.1) is 18.8 Å². The van der Waals surface area contributed by atoms with Crippen molar-refractivity contribution >= 4 is 46.9 Å². The number of nitrogens with one attached hydrogen (secondary N) is 4. The average Bonchev–Trinajstić information content (AvgIpc) is 4.03. The quantitative estimate of drug-likeness (QED) is 0.119. The zero-order valence-corrected chi connectivity index (χ0v) is 34.7. The fourth-order valence-electron chi connectivity index (χ4n) is 7.90. The highest BCUT2D eigenvalue weighted by Gasteiger charge is 2.40. The molecule has 0 spiro atoms.